The summed E-state index contributed by atoms with van der Waals surface area (Å²) in [5.74, 6) is 0.121. The van der Waals surface area contributed by atoms with Crippen LogP contribution in [0, 0.1) is 0 Å². The minimum absolute atomic E-state index is 0.121. The molecule has 0 spiro atoms. The molecule has 1 aromatic heterocycles. The molecule has 0 aliphatic rings. The van der Waals surface area contributed by atoms with Gasteiger partial charge in [0, 0.05) is 24.9 Å². The molecule has 78 valence electrons. The quantitative estimate of drug-likeness (QED) is 0.685. The Morgan fingerprint density at radius 3 is 2.73 bits per heavy atom. The van der Waals surface area contributed by atoms with Crippen LogP contribution in [0.25, 0.3) is 10.9 Å². The summed E-state index contributed by atoms with van der Waals surface area (Å²) in [5.41, 5.74) is 3.22. The molecule has 1 heterocycles. The summed E-state index contributed by atoms with van der Waals surface area (Å²) in [6, 6.07) is 8.22. The van der Waals surface area contributed by atoms with E-state index in [9.17, 15) is 4.79 Å². The molecule has 0 aliphatic heterocycles. The minimum atomic E-state index is 0.121. The van der Waals surface area contributed by atoms with Gasteiger partial charge >= 0.3 is 0 Å². The Morgan fingerprint density at radius 2 is 2.13 bits per heavy atom. The van der Waals surface area contributed by atoms with Crippen molar-refractivity contribution in [2.24, 2.45) is 7.05 Å². The van der Waals surface area contributed by atoms with Gasteiger partial charge in [-0.3, -0.25) is 4.79 Å². The first-order valence-corrected chi connectivity index (χ1v) is 5.23. The van der Waals surface area contributed by atoms with Gasteiger partial charge in [0.05, 0.1) is 5.69 Å². The van der Waals surface area contributed by atoms with E-state index in [1.165, 1.54) is 10.9 Å². The fourth-order valence-electron chi connectivity index (χ4n) is 2.07. The van der Waals surface area contributed by atoms with Crippen molar-refractivity contribution in [3.05, 3.63) is 35.5 Å². The van der Waals surface area contributed by atoms with Crippen LogP contribution in [0.1, 0.15) is 29.9 Å². The topological polar surface area (TPSA) is 22.0 Å². The van der Waals surface area contributed by atoms with Crippen molar-refractivity contribution in [1.82, 2.24) is 4.57 Å². The largest absolute Gasteiger partial charge is 0.341 e. The molecule has 0 fully saturated rings. The molecule has 2 aromatic rings. The maximum Gasteiger partial charge on any atom is 0.176 e. The SMILES string of the molecule is CCc1cccc2c1cc(C(C)=O)n2C. The van der Waals surface area contributed by atoms with Crippen LogP contribution in [-0.2, 0) is 13.5 Å². The Morgan fingerprint density at radius 1 is 1.40 bits per heavy atom. The van der Waals surface area contributed by atoms with E-state index in [1.54, 1.807) is 6.92 Å². The van der Waals surface area contributed by atoms with Crippen LogP contribution < -0.4 is 0 Å². The number of carbonyl (C=O) groups is 1. The first-order valence-electron chi connectivity index (χ1n) is 5.23. The Kier molecular flexibility index (Phi) is 2.35. The highest BCUT2D eigenvalue weighted by Crippen LogP contribution is 2.23. The fraction of sp³-hybridized carbons (Fsp3) is 0.308. The monoisotopic (exact) mass is 201 g/mol. The van der Waals surface area contributed by atoms with Gasteiger partial charge in [0.15, 0.2) is 5.78 Å². The Bertz CT molecular complexity index is 523. The minimum Gasteiger partial charge on any atom is -0.341 e. The number of benzene rings is 1. The van der Waals surface area contributed by atoms with Crippen LogP contribution in [-0.4, -0.2) is 10.4 Å². The van der Waals surface area contributed by atoms with Gasteiger partial charge in [-0.25, -0.2) is 0 Å². The van der Waals surface area contributed by atoms with Gasteiger partial charge in [0.1, 0.15) is 0 Å². The van der Waals surface area contributed by atoms with E-state index in [4.69, 9.17) is 0 Å². The van der Waals surface area contributed by atoms with Gasteiger partial charge < -0.3 is 4.57 Å². The summed E-state index contributed by atoms with van der Waals surface area (Å²) in [4.78, 5) is 11.4. The van der Waals surface area contributed by atoms with E-state index in [0.717, 1.165) is 17.6 Å². The van der Waals surface area contributed by atoms with E-state index in [-0.39, 0.29) is 5.78 Å². The number of hydrogen-bond acceptors (Lipinski definition) is 1. The van der Waals surface area contributed by atoms with Crippen molar-refractivity contribution >= 4 is 16.7 Å². The normalized spacial score (nSPS) is 10.9. The number of aryl methyl sites for hydroxylation is 2. The zero-order chi connectivity index (χ0) is 11.0. The fourth-order valence-corrected chi connectivity index (χ4v) is 2.07. The smallest absolute Gasteiger partial charge is 0.176 e. The van der Waals surface area contributed by atoms with Crippen LogP contribution >= 0.6 is 0 Å². The van der Waals surface area contributed by atoms with E-state index in [0.29, 0.717) is 0 Å². The molecule has 0 unspecified atom stereocenters. The van der Waals surface area contributed by atoms with Crippen molar-refractivity contribution in [2.75, 3.05) is 0 Å². The average Bonchev–Trinajstić information content (AvgIpc) is 2.56. The molecule has 15 heavy (non-hydrogen) atoms. The summed E-state index contributed by atoms with van der Waals surface area (Å²) in [6.07, 6.45) is 0.999. The molecule has 2 nitrogen and oxygen atoms in total. The summed E-state index contributed by atoms with van der Waals surface area (Å²) in [6.45, 7) is 3.75. The predicted molar refractivity (Wildman–Crippen MR) is 62.3 cm³/mol. The number of carbonyl (C=O) groups excluding carboxylic acids is 1. The van der Waals surface area contributed by atoms with Crippen LogP contribution in [0.15, 0.2) is 24.3 Å². The van der Waals surface area contributed by atoms with Crippen molar-refractivity contribution < 1.29 is 4.79 Å². The molecule has 0 saturated carbocycles. The molecule has 2 rings (SSSR count). The number of rotatable bonds is 2. The van der Waals surface area contributed by atoms with Gasteiger partial charge in [-0.05, 0) is 24.1 Å². The van der Waals surface area contributed by atoms with Gasteiger partial charge in [-0.15, -0.1) is 0 Å². The number of Topliss-reactive ketones (excluding diaryl/α,β-unsaturated/α-hetero) is 1. The van der Waals surface area contributed by atoms with Crippen molar-refractivity contribution in [3.63, 3.8) is 0 Å². The lowest BCUT2D eigenvalue weighted by molar-refractivity contribution is 0.101. The first kappa shape index (κ1) is 9.97. The molecule has 0 radical (unpaired) electrons. The zero-order valence-electron chi connectivity index (χ0n) is 9.37. The zero-order valence-corrected chi connectivity index (χ0v) is 9.37. The predicted octanol–water partition coefficient (Wildman–Crippen LogP) is 2.94. The second-order valence-electron chi connectivity index (χ2n) is 3.85. The van der Waals surface area contributed by atoms with Gasteiger partial charge in [-0.1, -0.05) is 19.1 Å². The lowest BCUT2D eigenvalue weighted by Crippen LogP contribution is -2.00. The number of fused-ring (bicyclic) bond motifs is 1. The summed E-state index contributed by atoms with van der Waals surface area (Å²) < 4.78 is 1.97. The Balaban J connectivity index is 2.81. The summed E-state index contributed by atoms with van der Waals surface area (Å²) in [5, 5.41) is 1.20. The second-order valence-corrected chi connectivity index (χ2v) is 3.85. The summed E-state index contributed by atoms with van der Waals surface area (Å²) >= 11 is 0. The van der Waals surface area contributed by atoms with Crippen LogP contribution in [0.3, 0.4) is 0 Å². The maximum atomic E-state index is 11.4. The van der Waals surface area contributed by atoms with Crippen LogP contribution in [0.4, 0.5) is 0 Å². The van der Waals surface area contributed by atoms with Crippen LogP contribution in [0.2, 0.25) is 0 Å². The molecule has 0 amide bonds. The molecule has 1 aromatic carbocycles. The molecular weight excluding hydrogens is 186 g/mol. The molecular formula is C13H15NO. The van der Waals surface area contributed by atoms with Gasteiger partial charge in [0.25, 0.3) is 0 Å². The number of nitrogens with zero attached hydrogens (tertiary/aromatic N) is 1. The number of ketones is 1. The number of hydrogen-bond donors (Lipinski definition) is 0. The third-order valence-corrected chi connectivity index (χ3v) is 2.92. The van der Waals surface area contributed by atoms with Crippen molar-refractivity contribution in [1.29, 1.82) is 0 Å². The standard InChI is InChI=1S/C13H15NO/c1-4-10-6-5-7-12-11(10)8-13(9(2)15)14(12)3/h5-8H,4H2,1-3H3. The van der Waals surface area contributed by atoms with Crippen LogP contribution in [0.5, 0.6) is 0 Å². The maximum absolute atomic E-state index is 11.4. The Labute approximate surface area is 89.5 Å². The van der Waals surface area contributed by atoms with Crippen molar-refractivity contribution in [3.8, 4) is 0 Å². The molecule has 0 bridgehead atoms. The third-order valence-electron chi connectivity index (χ3n) is 2.92. The molecule has 0 saturated heterocycles. The van der Waals surface area contributed by atoms with Crippen molar-refractivity contribution in [2.45, 2.75) is 20.3 Å². The molecule has 0 atom stereocenters. The highest BCUT2D eigenvalue weighted by atomic mass is 16.1. The van der Waals surface area contributed by atoms with Gasteiger partial charge in [-0.2, -0.15) is 0 Å². The van der Waals surface area contributed by atoms with E-state index < -0.39 is 0 Å². The first-order chi connectivity index (χ1) is 7.15. The molecule has 0 N–H and O–H groups in total. The molecule has 2 heteroatoms. The Hall–Kier alpha value is -1.57. The highest BCUT2D eigenvalue weighted by molar-refractivity contribution is 5.99. The molecule has 0 aliphatic carbocycles. The summed E-state index contributed by atoms with van der Waals surface area (Å²) in [7, 11) is 1.94. The van der Waals surface area contributed by atoms with E-state index in [2.05, 4.69) is 19.1 Å². The van der Waals surface area contributed by atoms with Gasteiger partial charge in [0.2, 0.25) is 0 Å². The lowest BCUT2D eigenvalue weighted by atomic mass is 10.1. The van der Waals surface area contributed by atoms with E-state index in [1.807, 2.05) is 23.7 Å². The average molecular weight is 201 g/mol. The highest BCUT2D eigenvalue weighted by Gasteiger charge is 2.10. The second kappa shape index (κ2) is 3.54. The number of aromatic nitrogens is 1. The third kappa shape index (κ3) is 1.46. The lowest BCUT2D eigenvalue weighted by Gasteiger charge is -2.01. The van der Waals surface area contributed by atoms with E-state index >= 15 is 0 Å².